The van der Waals surface area contributed by atoms with Gasteiger partial charge < -0.3 is 15.3 Å². The highest BCUT2D eigenvalue weighted by Crippen LogP contribution is 2.51. The second-order valence-corrected chi connectivity index (χ2v) is 9.11. The first kappa shape index (κ1) is 21.5. The molecule has 6 rings (SSSR count). The Morgan fingerprint density at radius 3 is 2.73 bits per heavy atom. The number of aliphatic hydroxyl groups excluding tert-OH is 1. The summed E-state index contributed by atoms with van der Waals surface area (Å²) >= 11 is 6.17. The van der Waals surface area contributed by atoms with Crippen LogP contribution < -0.4 is 5.32 Å². The van der Waals surface area contributed by atoms with Gasteiger partial charge >= 0.3 is 0 Å². The highest BCUT2D eigenvalue weighted by atomic mass is 35.5. The number of carbonyl (C=O) groups excluding carboxylic acids is 2. The average molecular weight is 467 g/mol. The Balaban J connectivity index is 1.29. The zero-order chi connectivity index (χ0) is 23.0. The number of benzene rings is 2. The van der Waals surface area contributed by atoms with Crippen LogP contribution in [0.2, 0.25) is 5.02 Å². The van der Waals surface area contributed by atoms with Crippen LogP contribution in [0.15, 0.2) is 54.9 Å². The maximum absolute atomic E-state index is 13.3. The molecular weight excluding hydrogens is 444 g/mol. The SMILES string of the molecule is O=C([C@H](O)Cc1ccccc1)N1CC2CC1(C(=O)NCc1cc(Cl)ccc1-n1cnnn1)C2. The van der Waals surface area contributed by atoms with Crippen LogP contribution in [0.4, 0.5) is 0 Å². The summed E-state index contributed by atoms with van der Waals surface area (Å²) < 4.78 is 1.50. The molecule has 0 unspecified atom stereocenters. The number of rotatable bonds is 7. The molecule has 0 radical (unpaired) electrons. The lowest BCUT2D eigenvalue weighted by Gasteiger charge is -2.41. The standard InChI is InChI=1S/C23H23ClN6O3/c24-18-6-7-19(30-14-26-27-28-30)17(9-18)12-25-22(33)23-10-16(11-23)13-29(23)21(32)20(31)8-15-4-2-1-3-5-15/h1-7,9,14,16,20,31H,8,10-13H2,(H,25,33)/t16?,20-,23?/m1/s1. The van der Waals surface area contributed by atoms with Crippen molar-refractivity contribution in [3.63, 3.8) is 0 Å². The van der Waals surface area contributed by atoms with Gasteiger partial charge in [0.1, 0.15) is 18.0 Å². The van der Waals surface area contributed by atoms with E-state index in [1.54, 1.807) is 23.1 Å². The van der Waals surface area contributed by atoms with E-state index < -0.39 is 17.6 Å². The number of tetrazole rings is 1. The predicted octanol–water partition coefficient (Wildman–Crippen LogP) is 1.53. The van der Waals surface area contributed by atoms with E-state index in [4.69, 9.17) is 11.6 Å². The third-order valence-electron chi connectivity index (χ3n) is 6.53. The average Bonchev–Trinajstić information content (AvgIpc) is 3.53. The number of nitrogens with one attached hydrogen (secondary N) is 1. The van der Waals surface area contributed by atoms with Crippen molar-refractivity contribution in [3.05, 3.63) is 71.0 Å². The molecule has 1 atom stereocenters. The molecule has 0 spiro atoms. The van der Waals surface area contributed by atoms with E-state index in [1.807, 2.05) is 30.3 Å². The summed E-state index contributed by atoms with van der Waals surface area (Å²) in [5.41, 5.74) is 1.41. The fourth-order valence-corrected chi connectivity index (χ4v) is 5.12. The highest BCUT2D eigenvalue weighted by Gasteiger charge is 2.62. The van der Waals surface area contributed by atoms with Crippen molar-refractivity contribution in [2.24, 2.45) is 5.92 Å². The Labute approximate surface area is 195 Å². The second-order valence-electron chi connectivity index (χ2n) is 8.67. The quantitative estimate of drug-likeness (QED) is 0.546. The van der Waals surface area contributed by atoms with Gasteiger partial charge in [0.2, 0.25) is 5.91 Å². The summed E-state index contributed by atoms with van der Waals surface area (Å²) in [5, 5.41) is 25.3. The van der Waals surface area contributed by atoms with Gasteiger partial charge in [0.25, 0.3) is 5.91 Å². The van der Waals surface area contributed by atoms with Gasteiger partial charge in [0, 0.05) is 24.5 Å². The van der Waals surface area contributed by atoms with Crippen LogP contribution >= 0.6 is 11.6 Å². The van der Waals surface area contributed by atoms with Crippen molar-refractivity contribution in [2.45, 2.75) is 37.5 Å². The van der Waals surface area contributed by atoms with E-state index >= 15 is 0 Å². The van der Waals surface area contributed by atoms with Gasteiger partial charge in [-0.2, -0.15) is 0 Å². The smallest absolute Gasteiger partial charge is 0.252 e. The molecule has 3 heterocycles. The number of hydrogen-bond acceptors (Lipinski definition) is 6. The van der Waals surface area contributed by atoms with Crippen LogP contribution in [0.25, 0.3) is 5.69 Å². The minimum atomic E-state index is -1.18. The molecule has 3 aromatic rings. The Morgan fingerprint density at radius 2 is 2.00 bits per heavy atom. The molecule has 9 nitrogen and oxygen atoms in total. The largest absolute Gasteiger partial charge is 0.383 e. The fourth-order valence-electron chi connectivity index (χ4n) is 4.92. The number of carbonyl (C=O) groups is 2. The van der Waals surface area contributed by atoms with Crippen molar-refractivity contribution < 1.29 is 14.7 Å². The molecule has 2 amide bonds. The number of hydrogen-bond donors (Lipinski definition) is 2. The molecule has 1 aromatic heterocycles. The lowest BCUT2D eigenvalue weighted by Crippen LogP contribution is -2.60. The first-order valence-corrected chi connectivity index (χ1v) is 11.2. The molecule has 3 fully saturated rings. The van der Waals surface area contributed by atoms with E-state index in [0.29, 0.717) is 30.1 Å². The van der Waals surface area contributed by atoms with Crippen molar-refractivity contribution in [3.8, 4) is 5.69 Å². The van der Waals surface area contributed by atoms with Gasteiger partial charge in [0.15, 0.2) is 0 Å². The summed E-state index contributed by atoms with van der Waals surface area (Å²) in [6, 6.07) is 14.6. The minimum Gasteiger partial charge on any atom is -0.383 e. The summed E-state index contributed by atoms with van der Waals surface area (Å²) in [5.74, 6) is -0.336. The summed E-state index contributed by atoms with van der Waals surface area (Å²) in [6.45, 7) is 0.695. The van der Waals surface area contributed by atoms with Crippen LogP contribution in [-0.2, 0) is 22.6 Å². The molecular formula is C23H23ClN6O3. The first-order chi connectivity index (χ1) is 16.0. The van der Waals surface area contributed by atoms with Gasteiger partial charge in [-0.25, -0.2) is 4.68 Å². The van der Waals surface area contributed by atoms with Crippen molar-refractivity contribution in [2.75, 3.05) is 6.54 Å². The van der Waals surface area contributed by atoms with Crippen molar-refractivity contribution in [1.29, 1.82) is 0 Å². The Hall–Kier alpha value is -3.30. The number of aromatic nitrogens is 4. The van der Waals surface area contributed by atoms with Gasteiger partial charge in [-0.3, -0.25) is 9.59 Å². The third kappa shape index (κ3) is 3.98. The topological polar surface area (TPSA) is 113 Å². The number of fused-ring (bicyclic) bond motifs is 1. The normalized spacial score (nSPS) is 22.0. The molecule has 2 N–H and O–H groups in total. The molecule has 1 aliphatic carbocycles. The maximum atomic E-state index is 13.3. The van der Waals surface area contributed by atoms with Crippen LogP contribution in [0.1, 0.15) is 24.0 Å². The van der Waals surface area contributed by atoms with Gasteiger partial charge in [-0.15, -0.1) is 5.10 Å². The molecule has 2 saturated heterocycles. The molecule has 2 aliphatic heterocycles. The number of halogens is 1. The zero-order valence-corrected chi connectivity index (χ0v) is 18.5. The Bertz CT molecular complexity index is 1160. The molecule has 1 saturated carbocycles. The van der Waals surface area contributed by atoms with Crippen LogP contribution in [0, 0.1) is 5.92 Å². The molecule has 33 heavy (non-hydrogen) atoms. The minimum absolute atomic E-state index is 0.204. The first-order valence-electron chi connectivity index (χ1n) is 10.8. The third-order valence-corrected chi connectivity index (χ3v) is 6.77. The number of aliphatic hydroxyl groups is 1. The lowest BCUT2D eigenvalue weighted by atomic mass is 9.72. The lowest BCUT2D eigenvalue weighted by molar-refractivity contribution is -0.151. The molecule has 170 valence electrons. The van der Waals surface area contributed by atoms with Crippen LogP contribution in [0.3, 0.4) is 0 Å². The van der Waals surface area contributed by atoms with E-state index in [0.717, 1.165) is 11.1 Å². The monoisotopic (exact) mass is 466 g/mol. The predicted molar refractivity (Wildman–Crippen MR) is 119 cm³/mol. The van der Waals surface area contributed by atoms with Gasteiger partial charge in [0.05, 0.1) is 5.69 Å². The second kappa shape index (κ2) is 8.57. The number of nitrogens with zero attached hydrogens (tertiary/aromatic N) is 5. The molecule has 2 bridgehead atoms. The fraction of sp³-hybridized carbons (Fsp3) is 0.348. The van der Waals surface area contributed by atoms with E-state index in [1.165, 1.54) is 11.0 Å². The van der Waals surface area contributed by atoms with Crippen LogP contribution in [-0.4, -0.2) is 60.2 Å². The van der Waals surface area contributed by atoms with E-state index in [-0.39, 0.29) is 24.8 Å². The highest BCUT2D eigenvalue weighted by molar-refractivity contribution is 6.30. The van der Waals surface area contributed by atoms with Crippen molar-refractivity contribution in [1.82, 2.24) is 30.4 Å². The summed E-state index contributed by atoms with van der Waals surface area (Å²) in [7, 11) is 0. The van der Waals surface area contributed by atoms with E-state index in [9.17, 15) is 14.7 Å². The Morgan fingerprint density at radius 1 is 1.21 bits per heavy atom. The molecule has 10 heteroatoms. The zero-order valence-electron chi connectivity index (χ0n) is 17.8. The molecule has 2 aromatic carbocycles. The molecule has 3 aliphatic rings. The van der Waals surface area contributed by atoms with E-state index in [2.05, 4.69) is 20.8 Å². The summed E-state index contributed by atoms with van der Waals surface area (Å²) in [4.78, 5) is 27.9. The number of amides is 2. The Kier molecular flexibility index (Phi) is 5.59. The van der Waals surface area contributed by atoms with Gasteiger partial charge in [-0.05, 0) is 58.5 Å². The van der Waals surface area contributed by atoms with Gasteiger partial charge in [-0.1, -0.05) is 41.9 Å². The van der Waals surface area contributed by atoms with Crippen molar-refractivity contribution >= 4 is 23.4 Å². The van der Waals surface area contributed by atoms with Crippen LogP contribution in [0.5, 0.6) is 0 Å². The maximum Gasteiger partial charge on any atom is 0.252 e. The summed E-state index contributed by atoms with van der Waals surface area (Å²) in [6.07, 6.45) is 1.72.